The number of methoxy groups -OCH3 is 1. The summed E-state index contributed by atoms with van der Waals surface area (Å²) in [6.45, 7) is 5.19. The van der Waals surface area contributed by atoms with Crippen LogP contribution < -0.4 is 10.1 Å². The van der Waals surface area contributed by atoms with Gasteiger partial charge < -0.3 is 10.1 Å². The maximum Gasteiger partial charge on any atom is 0.122 e. The van der Waals surface area contributed by atoms with Crippen molar-refractivity contribution in [1.29, 1.82) is 0 Å². The number of hydrogen-bond acceptors (Lipinski definition) is 2. The van der Waals surface area contributed by atoms with Gasteiger partial charge in [-0.1, -0.05) is 36.4 Å². The Labute approximate surface area is 127 Å². The molecule has 1 fully saturated rings. The van der Waals surface area contributed by atoms with Gasteiger partial charge >= 0.3 is 0 Å². The number of hydrogen-bond donors (Lipinski definition) is 1. The van der Waals surface area contributed by atoms with Crippen molar-refractivity contribution in [3.8, 4) is 5.75 Å². The zero-order valence-corrected chi connectivity index (χ0v) is 13.0. The van der Waals surface area contributed by atoms with Gasteiger partial charge in [0.05, 0.1) is 7.11 Å². The molecular formula is C19H23NO. The second-order valence-corrected chi connectivity index (χ2v) is 5.99. The van der Waals surface area contributed by atoms with E-state index in [4.69, 9.17) is 4.74 Å². The smallest absolute Gasteiger partial charge is 0.122 e. The van der Waals surface area contributed by atoms with Gasteiger partial charge in [0.25, 0.3) is 0 Å². The molecule has 1 aliphatic rings. The Morgan fingerprint density at radius 3 is 2.57 bits per heavy atom. The van der Waals surface area contributed by atoms with E-state index in [9.17, 15) is 0 Å². The van der Waals surface area contributed by atoms with Crippen LogP contribution in [0, 0.1) is 13.8 Å². The fourth-order valence-electron chi connectivity index (χ4n) is 2.99. The summed E-state index contributed by atoms with van der Waals surface area (Å²) in [6.07, 6.45) is 1.25. The van der Waals surface area contributed by atoms with Crippen LogP contribution in [0.2, 0.25) is 0 Å². The highest BCUT2D eigenvalue weighted by Gasteiger charge is 2.37. The van der Waals surface area contributed by atoms with Crippen molar-refractivity contribution in [3.05, 3.63) is 64.7 Å². The summed E-state index contributed by atoms with van der Waals surface area (Å²) in [6, 6.07) is 15.8. The number of nitrogens with one attached hydrogen (secondary N) is 1. The normalized spacial score (nSPS) is 20.3. The summed E-state index contributed by atoms with van der Waals surface area (Å²) in [4.78, 5) is 0. The Balaban J connectivity index is 1.61. The molecule has 0 radical (unpaired) electrons. The molecule has 2 aromatic rings. The van der Waals surface area contributed by atoms with E-state index >= 15 is 0 Å². The first-order chi connectivity index (χ1) is 10.2. The number of ether oxygens (including phenoxy) is 1. The summed E-state index contributed by atoms with van der Waals surface area (Å²) < 4.78 is 5.37. The summed E-state index contributed by atoms with van der Waals surface area (Å²) in [7, 11) is 1.73. The third kappa shape index (κ3) is 3.11. The first-order valence-corrected chi connectivity index (χ1v) is 7.61. The summed E-state index contributed by atoms with van der Waals surface area (Å²) >= 11 is 0. The van der Waals surface area contributed by atoms with Gasteiger partial charge in [0.2, 0.25) is 0 Å². The monoisotopic (exact) mass is 281 g/mol. The van der Waals surface area contributed by atoms with Crippen molar-refractivity contribution in [2.45, 2.75) is 38.8 Å². The molecule has 2 atom stereocenters. The van der Waals surface area contributed by atoms with Crippen LogP contribution in [0.3, 0.4) is 0 Å². The Bertz CT molecular complexity index is 621. The zero-order chi connectivity index (χ0) is 14.8. The van der Waals surface area contributed by atoms with E-state index in [0.29, 0.717) is 12.0 Å². The molecule has 2 aromatic carbocycles. The average molecular weight is 281 g/mol. The van der Waals surface area contributed by atoms with E-state index in [2.05, 4.69) is 61.6 Å². The van der Waals surface area contributed by atoms with Gasteiger partial charge in [-0.15, -0.1) is 0 Å². The first-order valence-electron chi connectivity index (χ1n) is 7.61. The second kappa shape index (κ2) is 5.90. The number of aryl methyl sites for hydroxylation is 2. The van der Waals surface area contributed by atoms with E-state index in [1.165, 1.54) is 28.7 Å². The molecule has 0 spiro atoms. The largest absolute Gasteiger partial charge is 0.496 e. The summed E-state index contributed by atoms with van der Waals surface area (Å²) in [5.74, 6) is 1.66. The molecule has 21 heavy (non-hydrogen) atoms. The molecule has 0 aromatic heterocycles. The van der Waals surface area contributed by atoms with Crippen molar-refractivity contribution in [2.75, 3.05) is 7.11 Å². The predicted molar refractivity (Wildman–Crippen MR) is 86.9 cm³/mol. The van der Waals surface area contributed by atoms with Gasteiger partial charge in [-0.3, -0.25) is 0 Å². The van der Waals surface area contributed by atoms with Crippen molar-refractivity contribution in [1.82, 2.24) is 5.32 Å². The molecular weight excluding hydrogens is 258 g/mol. The average Bonchev–Trinajstić information content (AvgIpc) is 3.28. The number of rotatable bonds is 5. The lowest BCUT2D eigenvalue weighted by Gasteiger charge is -2.12. The Kier molecular flexibility index (Phi) is 3.98. The highest BCUT2D eigenvalue weighted by molar-refractivity contribution is 5.41. The lowest BCUT2D eigenvalue weighted by Crippen LogP contribution is -2.18. The molecule has 1 aliphatic carbocycles. The third-order valence-electron chi connectivity index (χ3n) is 4.43. The highest BCUT2D eigenvalue weighted by atomic mass is 16.5. The van der Waals surface area contributed by atoms with Gasteiger partial charge in [-0.05, 0) is 48.6 Å². The SMILES string of the molecule is COc1cc(C)c(CN[C@@H]2C[C@H]2c2ccccc2)cc1C. The van der Waals surface area contributed by atoms with Crippen LogP contribution in [0.25, 0.3) is 0 Å². The minimum Gasteiger partial charge on any atom is -0.496 e. The van der Waals surface area contributed by atoms with Crippen LogP contribution in [0.15, 0.2) is 42.5 Å². The standard InChI is InChI=1S/C19H23NO/c1-13-10-19(21-3)14(2)9-16(13)12-20-18-11-17(18)15-7-5-4-6-8-15/h4-10,17-18,20H,11-12H2,1-3H3/t17-,18+/m0/s1. The van der Waals surface area contributed by atoms with E-state index in [-0.39, 0.29) is 0 Å². The molecule has 2 heteroatoms. The molecule has 110 valence electrons. The lowest BCUT2D eigenvalue weighted by atomic mass is 10.0. The fraction of sp³-hybridized carbons (Fsp3) is 0.368. The molecule has 0 heterocycles. The minimum absolute atomic E-state index is 0.620. The van der Waals surface area contributed by atoms with E-state index in [0.717, 1.165) is 12.3 Å². The van der Waals surface area contributed by atoms with Crippen molar-refractivity contribution >= 4 is 0 Å². The zero-order valence-electron chi connectivity index (χ0n) is 13.0. The summed E-state index contributed by atoms with van der Waals surface area (Å²) in [5, 5.41) is 3.69. The molecule has 1 saturated carbocycles. The first kappa shape index (κ1) is 14.2. The molecule has 0 amide bonds. The van der Waals surface area contributed by atoms with Crippen LogP contribution in [0.5, 0.6) is 5.75 Å². The van der Waals surface area contributed by atoms with Crippen LogP contribution >= 0.6 is 0 Å². The molecule has 0 saturated heterocycles. The van der Waals surface area contributed by atoms with Gasteiger partial charge in [-0.25, -0.2) is 0 Å². The van der Waals surface area contributed by atoms with Crippen LogP contribution in [0.4, 0.5) is 0 Å². The van der Waals surface area contributed by atoms with Gasteiger partial charge in [0.15, 0.2) is 0 Å². The quantitative estimate of drug-likeness (QED) is 0.895. The maximum absolute atomic E-state index is 5.37. The van der Waals surface area contributed by atoms with E-state index < -0.39 is 0 Å². The fourth-order valence-corrected chi connectivity index (χ4v) is 2.99. The molecule has 2 nitrogen and oxygen atoms in total. The van der Waals surface area contributed by atoms with Crippen LogP contribution in [0.1, 0.15) is 34.6 Å². The molecule has 3 rings (SSSR count). The van der Waals surface area contributed by atoms with Crippen LogP contribution in [-0.4, -0.2) is 13.2 Å². The Morgan fingerprint density at radius 1 is 1.10 bits per heavy atom. The van der Waals surface area contributed by atoms with Gasteiger partial charge in [0, 0.05) is 18.5 Å². The predicted octanol–water partition coefficient (Wildman–Crippen LogP) is 3.96. The van der Waals surface area contributed by atoms with Crippen molar-refractivity contribution < 1.29 is 4.74 Å². The van der Waals surface area contributed by atoms with E-state index in [1.54, 1.807) is 7.11 Å². The molecule has 0 bridgehead atoms. The minimum atomic E-state index is 0.620. The van der Waals surface area contributed by atoms with Gasteiger partial charge in [0.1, 0.15) is 5.75 Å². The molecule has 0 unspecified atom stereocenters. The topological polar surface area (TPSA) is 21.3 Å². The lowest BCUT2D eigenvalue weighted by molar-refractivity contribution is 0.411. The molecule has 1 N–H and O–H groups in total. The molecule has 0 aliphatic heterocycles. The maximum atomic E-state index is 5.37. The Hall–Kier alpha value is -1.80. The summed E-state index contributed by atoms with van der Waals surface area (Å²) in [5.41, 5.74) is 5.32. The van der Waals surface area contributed by atoms with Gasteiger partial charge in [-0.2, -0.15) is 0 Å². The highest BCUT2D eigenvalue weighted by Crippen LogP contribution is 2.40. The Morgan fingerprint density at radius 2 is 1.86 bits per heavy atom. The second-order valence-electron chi connectivity index (χ2n) is 5.99. The van der Waals surface area contributed by atoms with Crippen molar-refractivity contribution in [3.63, 3.8) is 0 Å². The number of benzene rings is 2. The van der Waals surface area contributed by atoms with Crippen LogP contribution in [-0.2, 0) is 6.54 Å². The van der Waals surface area contributed by atoms with Crippen molar-refractivity contribution in [2.24, 2.45) is 0 Å². The van der Waals surface area contributed by atoms with E-state index in [1.807, 2.05) is 0 Å². The third-order valence-corrected chi connectivity index (χ3v) is 4.43.